The maximum Gasteiger partial charge on any atom is 0.147 e. The molecule has 160 valence electrons. The van der Waals surface area contributed by atoms with Crippen LogP contribution >= 0.6 is 0 Å². The largest absolute Gasteiger partial charge is 0.478 e. The summed E-state index contributed by atoms with van der Waals surface area (Å²) >= 11 is 0. The van der Waals surface area contributed by atoms with Crippen molar-refractivity contribution in [1.82, 2.24) is 9.80 Å². The molecule has 0 aliphatic carbocycles. The van der Waals surface area contributed by atoms with E-state index in [1.807, 2.05) is 25.1 Å². The van der Waals surface area contributed by atoms with Crippen molar-refractivity contribution < 1.29 is 13.9 Å². The lowest BCUT2D eigenvalue weighted by molar-refractivity contribution is 0.0286. The molecule has 1 aliphatic rings. The Bertz CT molecular complexity index is 909. The summed E-state index contributed by atoms with van der Waals surface area (Å²) in [6, 6.07) is 12.4. The van der Waals surface area contributed by atoms with Crippen molar-refractivity contribution in [2.45, 2.75) is 46.3 Å². The molecule has 0 unspecified atom stereocenters. The molecule has 0 aromatic heterocycles. The zero-order valence-electron chi connectivity index (χ0n) is 18.1. The number of nitrogens with one attached hydrogen (secondary N) is 1. The lowest BCUT2D eigenvalue weighted by atomic mass is 10.0. The molecule has 0 radical (unpaired) electrons. The van der Waals surface area contributed by atoms with E-state index in [4.69, 9.17) is 4.74 Å². The van der Waals surface area contributed by atoms with Gasteiger partial charge in [-0.25, -0.2) is 9.18 Å². The predicted octanol–water partition coefficient (Wildman–Crippen LogP) is 4.21. The van der Waals surface area contributed by atoms with Crippen LogP contribution in [0.5, 0.6) is 5.75 Å². The van der Waals surface area contributed by atoms with Crippen LogP contribution in [-0.2, 0) is 11.3 Å². The third kappa shape index (κ3) is 5.02. The maximum atomic E-state index is 13.2. The van der Waals surface area contributed by atoms with Crippen LogP contribution in [-0.4, -0.2) is 47.6 Å². The van der Waals surface area contributed by atoms with Crippen LogP contribution in [0.4, 0.5) is 10.1 Å². The second kappa shape index (κ2) is 9.79. The third-order valence-corrected chi connectivity index (χ3v) is 5.63. The number of rotatable bonds is 7. The molecule has 6 heteroatoms. The average molecular weight is 412 g/mol. The first-order valence-corrected chi connectivity index (χ1v) is 10.4. The minimum atomic E-state index is -0.262. The van der Waals surface area contributed by atoms with Crippen molar-refractivity contribution in [3.63, 3.8) is 0 Å². The monoisotopic (exact) mass is 411 g/mol. The first kappa shape index (κ1) is 21.9. The molecule has 0 bridgehead atoms. The number of aryl methyl sites for hydroxylation is 1. The predicted molar refractivity (Wildman–Crippen MR) is 118 cm³/mol. The first-order valence-electron chi connectivity index (χ1n) is 10.4. The Balaban J connectivity index is 1.68. The van der Waals surface area contributed by atoms with Crippen molar-refractivity contribution in [1.29, 1.82) is 0 Å². The van der Waals surface area contributed by atoms with Gasteiger partial charge >= 0.3 is 0 Å². The number of halogens is 1. The highest BCUT2D eigenvalue weighted by molar-refractivity contribution is 5.55. The Kier molecular flexibility index (Phi) is 7.14. The van der Waals surface area contributed by atoms with E-state index < -0.39 is 0 Å². The van der Waals surface area contributed by atoms with Crippen LogP contribution in [0.15, 0.2) is 48.2 Å². The van der Waals surface area contributed by atoms with Gasteiger partial charge in [0.1, 0.15) is 29.9 Å². The summed E-state index contributed by atoms with van der Waals surface area (Å²) < 4.78 is 19.3. The van der Waals surface area contributed by atoms with Crippen LogP contribution in [0.1, 0.15) is 31.9 Å². The number of nitrogens with zero attached hydrogens (tertiary/aromatic N) is 2. The number of hydrogen-bond acceptors (Lipinski definition) is 5. The number of hydrogen-bond donors (Lipinski definition) is 1. The van der Waals surface area contributed by atoms with Gasteiger partial charge in [-0.15, -0.1) is 0 Å². The fourth-order valence-electron chi connectivity index (χ4n) is 3.81. The smallest absolute Gasteiger partial charge is 0.147 e. The number of carbonyl (C=O) groups excluding carboxylic acids is 1. The van der Waals surface area contributed by atoms with Gasteiger partial charge in [0.2, 0.25) is 0 Å². The van der Waals surface area contributed by atoms with E-state index in [2.05, 4.69) is 41.8 Å². The highest BCUT2D eigenvalue weighted by atomic mass is 19.1. The van der Waals surface area contributed by atoms with Crippen LogP contribution < -0.4 is 10.1 Å². The van der Waals surface area contributed by atoms with Crippen molar-refractivity contribution in [3.05, 3.63) is 65.1 Å². The number of ether oxygens (including phenoxy) is 1. The van der Waals surface area contributed by atoms with E-state index in [1.54, 1.807) is 12.1 Å². The van der Waals surface area contributed by atoms with Gasteiger partial charge in [-0.05, 0) is 57.0 Å². The molecular formula is C24H30FN3O2. The molecule has 0 saturated carbocycles. The van der Waals surface area contributed by atoms with E-state index in [0.29, 0.717) is 19.0 Å². The van der Waals surface area contributed by atoms with Gasteiger partial charge in [-0.3, -0.25) is 4.90 Å². The molecule has 1 aliphatic heterocycles. The molecule has 3 rings (SSSR count). The molecule has 1 N–H and O–H groups in total. The second-order valence-corrected chi connectivity index (χ2v) is 7.82. The van der Waals surface area contributed by atoms with Gasteiger partial charge in [-0.2, -0.15) is 0 Å². The fraction of sp³-hybridized carbons (Fsp3) is 0.417. The summed E-state index contributed by atoms with van der Waals surface area (Å²) in [6.45, 7) is 10.7. The van der Waals surface area contributed by atoms with Crippen molar-refractivity contribution >= 4 is 11.6 Å². The molecule has 1 heterocycles. The Hall–Kier alpha value is -2.82. The molecule has 5 nitrogen and oxygen atoms in total. The molecule has 0 amide bonds. The topological polar surface area (TPSA) is 44.8 Å². The summed E-state index contributed by atoms with van der Waals surface area (Å²) in [4.78, 5) is 16.0. The van der Waals surface area contributed by atoms with Crippen molar-refractivity contribution in [2.24, 2.45) is 0 Å². The zero-order valence-corrected chi connectivity index (χ0v) is 18.1. The highest BCUT2D eigenvalue weighted by Gasteiger charge is 2.34. The fourth-order valence-corrected chi connectivity index (χ4v) is 3.81. The van der Waals surface area contributed by atoms with Gasteiger partial charge in [-0.1, -0.05) is 18.2 Å². The van der Waals surface area contributed by atoms with Gasteiger partial charge in [0.15, 0.2) is 0 Å². The Labute approximate surface area is 178 Å². The molecular weight excluding hydrogens is 381 g/mol. The molecule has 2 atom stereocenters. The van der Waals surface area contributed by atoms with Gasteiger partial charge in [0.25, 0.3) is 0 Å². The lowest BCUT2D eigenvalue weighted by Crippen LogP contribution is -2.55. The first-order chi connectivity index (χ1) is 14.4. The molecule has 2 aromatic rings. The van der Waals surface area contributed by atoms with Crippen LogP contribution in [0.3, 0.4) is 0 Å². The Morgan fingerprint density at radius 2 is 1.93 bits per heavy atom. The standard InChI is InChI=1S/C24H30FN3O2/c1-5-26-23-12-22(11-6-17(23)2)30-16-27-13-18(3)28(24(15-29)19(27)4)14-20-7-9-21(25)10-8-20/h6-12,18-19,26H,5,13-14,16H2,1-4H3/t18-,19+/m1/s1. The number of benzene rings is 2. The Morgan fingerprint density at radius 1 is 1.20 bits per heavy atom. The minimum Gasteiger partial charge on any atom is -0.478 e. The lowest BCUT2D eigenvalue weighted by Gasteiger charge is -2.45. The molecule has 1 saturated heterocycles. The quantitative estimate of drug-likeness (QED) is 0.692. The maximum absolute atomic E-state index is 13.2. The number of piperazine rings is 1. The van der Waals surface area contributed by atoms with Crippen LogP contribution in [0.2, 0.25) is 0 Å². The molecule has 30 heavy (non-hydrogen) atoms. The molecule has 1 fully saturated rings. The second-order valence-electron chi connectivity index (χ2n) is 7.82. The third-order valence-electron chi connectivity index (χ3n) is 5.63. The summed E-state index contributed by atoms with van der Waals surface area (Å²) in [6.07, 6.45) is 0. The highest BCUT2D eigenvalue weighted by Crippen LogP contribution is 2.27. The van der Waals surface area contributed by atoms with Gasteiger partial charge in [0, 0.05) is 37.4 Å². The SMILES string of the molecule is CCNc1cc(OCN2C[C@@H](C)N(Cc3ccc(F)cc3)C(=C=O)[C@@H]2C)ccc1C. The van der Waals surface area contributed by atoms with Gasteiger partial charge in [0.05, 0.1) is 6.04 Å². The normalized spacial score (nSPS) is 19.5. The van der Waals surface area contributed by atoms with Crippen molar-refractivity contribution in [2.75, 3.05) is 25.1 Å². The average Bonchev–Trinajstić information content (AvgIpc) is 2.73. The Morgan fingerprint density at radius 3 is 2.60 bits per heavy atom. The molecule has 0 spiro atoms. The summed E-state index contributed by atoms with van der Waals surface area (Å²) in [5, 5.41) is 3.34. The zero-order chi connectivity index (χ0) is 21.7. The van der Waals surface area contributed by atoms with E-state index in [1.165, 1.54) is 17.7 Å². The molecule has 2 aromatic carbocycles. The van der Waals surface area contributed by atoms with E-state index in [0.717, 1.165) is 30.1 Å². The van der Waals surface area contributed by atoms with E-state index >= 15 is 0 Å². The van der Waals surface area contributed by atoms with Crippen molar-refractivity contribution in [3.8, 4) is 5.75 Å². The number of anilines is 1. The summed E-state index contributed by atoms with van der Waals surface area (Å²) in [7, 11) is 0. The van der Waals surface area contributed by atoms with Crippen LogP contribution in [0.25, 0.3) is 0 Å². The van der Waals surface area contributed by atoms with E-state index in [-0.39, 0.29) is 17.9 Å². The summed E-state index contributed by atoms with van der Waals surface area (Å²) in [5.41, 5.74) is 3.79. The minimum absolute atomic E-state index is 0.0987. The van der Waals surface area contributed by atoms with E-state index in [9.17, 15) is 9.18 Å². The summed E-state index contributed by atoms with van der Waals surface area (Å²) in [5.74, 6) is 2.67. The van der Waals surface area contributed by atoms with Gasteiger partial charge < -0.3 is 15.0 Å². The van der Waals surface area contributed by atoms with Crippen LogP contribution in [0, 0.1) is 12.7 Å².